The Morgan fingerprint density at radius 2 is 2.58 bits per heavy atom. The summed E-state index contributed by atoms with van der Waals surface area (Å²) in [4.78, 5) is 4.30. The van der Waals surface area contributed by atoms with Crippen LogP contribution in [0.2, 0.25) is 0 Å². The standard InChI is InChI=1S/C8H16N2OS/c1-7(6-11-2)5-10-8-9-3-4-12-8/h7H,3-6H2,1-2H3,(H,9,10). The highest BCUT2D eigenvalue weighted by molar-refractivity contribution is 8.14. The van der Waals surface area contributed by atoms with Gasteiger partial charge in [0.15, 0.2) is 5.17 Å². The predicted molar refractivity (Wildman–Crippen MR) is 53.8 cm³/mol. The summed E-state index contributed by atoms with van der Waals surface area (Å²) in [5.41, 5.74) is 0. The maximum atomic E-state index is 5.03. The van der Waals surface area contributed by atoms with E-state index in [0.717, 1.165) is 30.6 Å². The molecule has 0 bridgehead atoms. The third kappa shape index (κ3) is 3.45. The Kier molecular flexibility index (Phi) is 4.46. The van der Waals surface area contributed by atoms with Crippen molar-refractivity contribution >= 4 is 16.9 Å². The molecule has 1 rings (SSSR count). The molecule has 12 heavy (non-hydrogen) atoms. The van der Waals surface area contributed by atoms with E-state index in [1.165, 1.54) is 0 Å². The van der Waals surface area contributed by atoms with Crippen LogP contribution in [0.3, 0.4) is 0 Å². The minimum Gasteiger partial charge on any atom is -0.384 e. The van der Waals surface area contributed by atoms with Crippen LogP contribution < -0.4 is 5.32 Å². The highest BCUT2D eigenvalue weighted by atomic mass is 32.2. The Balaban J connectivity index is 2.07. The molecule has 1 aliphatic rings. The zero-order valence-electron chi connectivity index (χ0n) is 7.67. The Labute approximate surface area is 78.0 Å². The van der Waals surface area contributed by atoms with Gasteiger partial charge in [-0.15, -0.1) is 0 Å². The Morgan fingerprint density at radius 3 is 3.17 bits per heavy atom. The van der Waals surface area contributed by atoms with Crippen molar-refractivity contribution in [1.29, 1.82) is 0 Å². The fraction of sp³-hybridized carbons (Fsp3) is 0.875. The number of amidine groups is 1. The number of rotatable bonds is 4. The Hall–Kier alpha value is -0.220. The maximum absolute atomic E-state index is 5.03. The molecule has 1 N–H and O–H groups in total. The van der Waals surface area contributed by atoms with Crippen LogP contribution >= 0.6 is 11.8 Å². The van der Waals surface area contributed by atoms with Crippen LogP contribution in [0.15, 0.2) is 4.99 Å². The van der Waals surface area contributed by atoms with Crippen LogP contribution in [0.4, 0.5) is 0 Å². The van der Waals surface area contributed by atoms with Crippen LogP contribution in [0.1, 0.15) is 6.92 Å². The molecule has 0 aromatic heterocycles. The Morgan fingerprint density at radius 1 is 1.75 bits per heavy atom. The largest absolute Gasteiger partial charge is 0.384 e. The highest BCUT2D eigenvalue weighted by Gasteiger charge is 2.07. The maximum Gasteiger partial charge on any atom is 0.156 e. The average molecular weight is 188 g/mol. The molecule has 1 heterocycles. The third-order valence-corrected chi connectivity index (χ3v) is 2.57. The molecule has 0 saturated heterocycles. The van der Waals surface area contributed by atoms with E-state index in [1.54, 1.807) is 18.9 Å². The van der Waals surface area contributed by atoms with E-state index >= 15 is 0 Å². The van der Waals surface area contributed by atoms with Crippen LogP contribution in [0.25, 0.3) is 0 Å². The highest BCUT2D eigenvalue weighted by Crippen LogP contribution is 2.09. The fourth-order valence-electron chi connectivity index (χ4n) is 1.05. The van der Waals surface area contributed by atoms with E-state index in [4.69, 9.17) is 4.74 Å². The van der Waals surface area contributed by atoms with Crippen molar-refractivity contribution < 1.29 is 4.74 Å². The van der Waals surface area contributed by atoms with Crippen molar-refractivity contribution in [3.8, 4) is 0 Å². The monoisotopic (exact) mass is 188 g/mol. The van der Waals surface area contributed by atoms with Gasteiger partial charge in [0.1, 0.15) is 0 Å². The number of hydrogen-bond acceptors (Lipinski definition) is 4. The second-order valence-corrected chi connectivity index (χ2v) is 4.06. The first-order chi connectivity index (χ1) is 5.83. The van der Waals surface area contributed by atoms with Crippen molar-refractivity contribution in [2.24, 2.45) is 10.9 Å². The van der Waals surface area contributed by atoms with E-state index in [9.17, 15) is 0 Å². The molecule has 1 unspecified atom stereocenters. The predicted octanol–water partition coefficient (Wildman–Crippen LogP) is 0.961. The first kappa shape index (κ1) is 9.86. The fourth-order valence-corrected chi connectivity index (χ4v) is 1.79. The summed E-state index contributed by atoms with van der Waals surface area (Å²) >= 11 is 1.80. The summed E-state index contributed by atoms with van der Waals surface area (Å²) in [6.07, 6.45) is 0. The lowest BCUT2D eigenvalue weighted by Gasteiger charge is -2.11. The lowest BCUT2D eigenvalue weighted by Crippen LogP contribution is -2.27. The normalized spacial score (nSPS) is 19.0. The molecule has 0 fully saturated rings. The zero-order valence-corrected chi connectivity index (χ0v) is 8.49. The molecular formula is C8H16N2OS. The number of thioether (sulfide) groups is 1. The molecule has 0 saturated carbocycles. The van der Waals surface area contributed by atoms with Gasteiger partial charge in [-0.05, 0) is 5.92 Å². The van der Waals surface area contributed by atoms with Gasteiger partial charge in [-0.1, -0.05) is 18.7 Å². The molecule has 4 heteroatoms. The van der Waals surface area contributed by atoms with Gasteiger partial charge >= 0.3 is 0 Å². The SMILES string of the molecule is COCC(C)CNC1=NCCS1. The van der Waals surface area contributed by atoms with Crippen molar-refractivity contribution in [1.82, 2.24) is 5.32 Å². The molecule has 0 amide bonds. The van der Waals surface area contributed by atoms with E-state index in [2.05, 4.69) is 17.2 Å². The zero-order chi connectivity index (χ0) is 8.81. The van der Waals surface area contributed by atoms with E-state index in [-0.39, 0.29) is 0 Å². The van der Waals surface area contributed by atoms with Gasteiger partial charge in [0.05, 0.1) is 13.2 Å². The second-order valence-electron chi connectivity index (χ2n) is 2.98. The Bertz CT molecular complexity index is 161. The second kappa shape index (κ2) is 5.43. The molecular weight excluding hydrogens is 172 g/mol. The smallest absolute Gasteiger partial charge is 0.156 e. The molecule has 0 spiro atoms. The summed E-state index contributed by atoms with van der Waals surface area (Å²) in [5, 5.41) is 4.39. The minimum absolute atomic E-state index is 0.555. The molecule has 0 radical (unpaired) electrons. The minimum atomic E-state index is 0.555. The summed E-state index contributed by atoms with van der Waals surface area (Å²) in [5.74, 6) is 1.68. The van der Waals surface area contributed by atoms with Gasteiger partial charge in [0.25, 0.3) is 0 Å². The molecule has 3 nitrogen and oxygen atoms in total. The van der Waals surface area contributed by atoms with E-state index in [1.807, 2.05) is 0 Å². The van der Waals surface area contributed by atoms with Gasteiger partial charge in [0.2, 0.25) is 0 Å². The first-order valence-corrected chi connectivity index (χ1v) is 5.21. The number of nitrogens with one attached hydrogen (secondary N) is 1. The lowest BCUT2D eigenvalue weighted by atomic mass is 10.2. The van der Waals surface area contributed by atoms with Crippen LogP contribution in [-0.2, 0) is 4.74 Å². The molecule has 1 atom stereocenters. The average Bonchev–Trinajstić information content (AvgIpc) is 2.53. The van der Waals surface area contributed by atoms with Crippen LogP contribution in [-0.4, -0.2) is 37.7 Å². The molecule has 0 aliphatic carbocycles. The number of hydrogen-bond donors (Lipinski definition) is 1. The molecule has 0 aromatic rings. The van der Waals surface area contributed by atoms with Crippen molar-refractivity contribution in [2.45, 2.75) is 6.92 Å². The number of nitrogens with zero attached hydrogens (tertiary/aromatic N) is 1. The van der Waals surface area contributed by atoms with Crippen LogP contribution in [0.5, 0.6) is 0 Å². The van der Waals surface area contributed by atoms with E-state index in [0.29, 0.717) is 5.92 Å². The van der Waals surface area contributed by atoms with Crippen molar-refractivity contribution in [3.05, 3.63) is 0 Å². The van der Waals surface area contributed by atoms with Gasteiger partial charge < -0.3 is 10.1 Å². The topological polar surface area (TPSA) is 33.6 Å². The van der Waals surface area contributed by atoms with Gasteiger partial charge in [0, 0.05) is 19.4 Å². The van der Waals surface area contributed by atoms with Gasteiger partial charge in [-0.2, -0.15) is 0 Å². The van der Waals surface area contributed by atoms with E-state index < -0.39 is 0 Å². The number of aliphatic imine (C=N–C) groups is 1. The number of ether oxygens (including phenoxy) is 1. The molecule has 1 aliphatic heterocycles. The van der Waals surface area contributed by atoms with Crippen LogP contribution in [0, 0.1) is 5.92 Å². The quantitative estimate of drug-likeness (QED) is 0.713. The van der Waals surface area contributed by atoms with Gasteiger partial charge in [-0.3, -0.25) is 4.99 Å². The summed E-state index contributed by atoms with van der Waals surface area (Å²) in [6.45, 7) is 4.90. The molecule has 0 aromatic carbocycles. The summed E-state index contributed by atoms with van der Waals surface area (Å²) in [7, 11) is 1.73. The summed E-state index contributed by atoms with van der Waals surface area (Å²) in [6, 6.07) is 0. The number of methoxy groups -OCH3 is 1. The lowest BCUT2D eigenvalue weighted by molar-refractivity contribution is 0.161. The van der Waals surface area contributed by atoms with Gasteiger partial charge in [-0.25, -0.2) is 0 Å². The third-order valence-electron chi connectivity index (χ3n) is 1.64. The van der Waals surface area contributed by atoms with Crippen molar-refractivity contribution in [2.75, 3.05) is 32.6 Å². The van der Waals surface area contributed by atoms with Crippen molar-refractivity contribution in [3.63, 3.8) is 0 Å². The summed E-state index contributed by atoms with van der Waals surface area (Å²) < 4.78 is 5.03. The molecule has 70 valence electrons. The first-order valence-electron chi connectivity index (χ1n) is 4.23.